The predicted molar refractivity (Wildman–Crippen MR) is 67.8 cm³/mol. The summed E-state index contributed by atoms with van der Waals surface area (Å²) < 4.78 is 13.6. The van der Waals surface area contributed by atoms with Crippen LogP contribution in [-0.4, -0.2) is 43.8 Å². The third-order valence-electron chi connectivity index (χ3n) is 2.47. The number of hydrogen-bond acceptors (Lipinski definition) is 3. The number of hydrogen-bond donors (Lipinski definition) is 2. The van der Waals surface area contributed by atoms with Gasteiger partial charge in [-0.25, -0.2) is 4.39 Å². The van der Waals surface area contributed by atoms with Crippen LogP contribution in [0.3, 0.4) is 0 Å². The van der Waals surface area contributed by atoms with Gasteiger partial charge in [-0.05, 0) is 26.2 Å². The van der Waals surface area contributed by atoms with Gasteiger partial charge in [0.2, 0.25) is 0 Å². The molecule has 1 aromatic carbocycles. The Morgan fingerprint density at radius 2 is 2.18 bits per heavy atom. The fourth-order valence-electron chi connectivity index (χ4n) is 1.52. The van der Waals surface area contributed by atoms with E-state index in [-0.39, 0.29) is 6.61 Å². The van der Waals surface area contributed by atoms with Crippen molar-refractivity contribution in [1.29, 1.82) is 0 Å². The molecule has 0 heterocycles. The Hall–Kier alpha value is -0.680. The number of rotatable bonds is 6. The van der Waals surface area contributed by atoms with Crippen molar-refractivity contribution in [3.05, 3.63) is 34.6 Å². The first-order valence-electron chi connectivity index (χ1n) is 5.48. The highest BCUT2D eigenvalue weighted by molar-refractivity contribution is 6.30. The molecule has 0 saturated heterocycles. The molecule has 0 aliphatic carbocycles. The van der Waals surface area contributed by atoms with E-state index in [9.17, 15) is 9.50 Å². The van der Waals surface area contributed by atoms with E-state index in [0.717, 1.165) is 6.54 Å². The summed E-state index contributed by atoms with van der Waals surface area (Å²) in [5, 5.41) is 12.7. The fourth-order valence-corrected chi connectivity index (χ4v) is 1.68. The van der Waals surface area contributed by atoms with Crippen LogP contribution in [0.1, 0.15) is 11.6 Å². The lowest BCUT2D eigenvalue weighted by Gasteiger charge is -2.19. The van der Waals surface area contributed by atoms with E-state index >= 15 is 0 Å². The van der Waals surface area contributed by atoms with E-state index in [4.69, 9.17) is 11.6 Å². The molecule has 0 spiro atoms. The zero-order valence-corrected chi connectivity index (χ0v) is 10.8. The minimum Gasteiger partial charge on any atom is -0.394 e. The highest BCUT2D eigenvalue weighted by Gasteiger charge is 2.14. The molecule has 0 aliphatic heterocycles. The molecule has 0 aromatic heterocycles. The highest BCUT2D eigenvalue weighted by atomic mass is 35.5. The summed E-state index contributed by atoms with van der Waals surface area (Å²) in [7, 11) is 3.91. The summed E-state index contributed by atoms with van der Waals surface area (Å²) in [6.07, 6.45) is 0. The zero-order valence-electron chi connectivity index (χ0n) is 10.1. The molecule has 0 bridgehead atoms. The number of halogens is 2. The number of nitrogens with one attached hydrogen (secondary N) is 1. The van der Waals surface area contributed by atoms with Crippen molar-refractivity contribution < 1.29 is 9.50 Å². The van der Waals surface area contributed by atoms with Crippen molar-refractivity contribution in [3.8, 4) is 0 Å². The normalized spacial score (nSPS) is 13.1. The summed E-state index contributed by atoms with van der Waals surface area (Å²) in [6, 6.07) is 4.08. The van der Waals surface area contributed by atoms with Crippen LogP contribution in [0.2, 0.25) is 5.02 Å². The maximum atomic E-state index is 13.6. The number of likely N-dealkylation sites (N-methyl/N-ethyl adjacent to an activating group) is 1. The van der Waals surface area contributed by atoms with Crippen LogP contribution < -0.4 is 5.32 Å². The van der Waals surface area contributed by atoms with Gasteiger partial charge in [0.15, 0.2) is 0 Å². The maximum Gasteiger partial charge on any atom is 0.129 e. The van der Waals surface area contributed by atoms with Crippen LogP contribution >= 0.6 is 11.6 Å². The molecule has 0 amide bonds. The molecule has 1 atom stereocenters. The lowest BCUT2D eigenvalue weighted by Crippen LogP contribution is -2.32. The molecule has 0 radical (unpaired) electrons. The van der Waals surface area contributed by atoms with Crippen molar-refractivity contribution in [2.24, 2.45) is 0 Å². The number of benzene rings is 1. The van der Waals surface area contributed by atoms with Crippen LogP contribution in [0, 0.1) is 5.82 Å². The molecular formula is C12H18ClFN2O. The van der Waals surface area contributed by atoms with Gasteiger partial charge in [-0.1, -0.05) is 17.7 Å². The largest absolute Gasteiger partial charge is 0.394 e. The van der Waals surface area contributed by atoms with Crippen LogP contribution in [-0.2, 0) is 0 Å². The summed E-state index contributed by atoms with van der Waals surface area (Å²) in [4.78, 5) is 2.01. The van der Waals surface area contributed by atoms with E-state index < -0.39 is 11.9 Å². The van der Waals surface area contributed by atoms with E-state index in [1.54, 1.807) is 12.1 Å². The quantitative estimate of drug-likeness (QED) is 0.817. The second-order valence-electron chi connectivity index (χ2n) is 4.16. The zero-order chi connectivity index (χ0) is 12.8. The second-order valence-corrected chi connectivity index (χ2v) is 4.59. The fraction of sp³-hybridized carbons (Fsp3) is 0.500. The van der Waals surface area contributed by atoms with Crippen molar-refractivity contribution in [2.75, 3.05) is 33.8 Å². The molecule has 0 aliphatic rings. The van der Waals surface area contributed by atoms with E-state index in [1.807, 2.05) is 19.0 Å². The number of nitrogens with zero attached hydrogens (tertiary/aromatic N) is 1. The first-order chi connectivity index (χ1) is 8.04. The SMILES string of the molecule is CN(C)CCNC(CO)c1ccc(Cl)cc1F. The molecule has 17 heavy (non-hydrogen) atoms. The first-order valence-corrected chi connectivity index (χ1v) is 5.86. The minimum absolute atomic E-state index is 0.147. The topological polar surface area (TPSA) is 35.5 Å². The molecule has 0 saturated carbocycles. The van der Waals surface area contributed by atoms with Crippen molar-refractivity contribution >= 4 is 11.6 Å². The minimum atomic E-state index is -0.396. The van der Waals surface area contributed by atoms with Crippen LogP contribution in [0.5, 0.6) is 0 Å². The van der Waals surface area contributed by atoms with Crippen molar-refractivity contribution in [1.82, 2.24) is 10.2 Å². The van der Waals surface area contributed by atoms with Gasteiger partial charge in [-0.2, -0.15) is 0 Å². The summed E-state index contributed by atoms with van der Waals surface area (Å²) >= 11 is 5.68. The van der Waals surface area contributed by atoms with Gasteiger partial charge in [0.25, 0.3) is 0 Å². The lowest BCUT2D eigenvalue weighted by atomic mass is 10.1. The Morgan fingerprint density at radius 1 is 1.47 bits per heavy atom. The number of aliphatic hydroxyl groups excluding tert-OH is 1. The van der Waals surface area contributed by atoms with Crippen LogP contribution in [0.15, 0.2) is 18.2 Å². The molecule has 0 fully saturated rings. The summed E-state index contributed by atoms with van der Waals surface area (Å²) in [5.74, 6) is -0.395. The van der Waals surface area contributed by atoms with Crippen LogP contribution in [0.25, 0.3) is 0 Å². The smallest absolute Gasteiger partial charge is 0.129 e. The van der Waals surface area contributed by atoms with E-state index in [1.165, 1.54) is 6.07 Å². The van der Waals surface area contributed by atoms with E-state index in [2.05, 4.69) is 5.32 Å². The van der Waals surface area contributed by atoms with Crippen molar-refractivity contribution in [3.63, 3.8) is 0 Å². The molecule has 1 unspecified atom stereocenters. The molecule has 5 heteroatoms. The van der Waals surface area contributed by atoms with Gasteiger partial charge in [-0.3, -0.25) is 0 Å². The van der Waals surface area contributed by atoms with Gasteiger partial charge in [0, 0.05) is 23.7 Å². The van der Waals surface area contributed by atoms with Gasteiger partial charge < -0.3 is 15.3 Å². The Balaban J connectivity index is 2.66. The summed E-state index contributed by atoms with van der Waals surface area (Å²) in [6.45, 7) is 1.36. The average molecular weight is 261 g/mol. The molecule has 2 N–H and O–H groups in total. The van der Waals surface area contributed by atoms with Gasteiger partial charge in [-0.15, -0.1) is 0 Å². The van der Waals surface area contributed by atoms with Gasteiger partial charge in [0.05, 0.1) is 12.6 Å². The molecule has 3 nitrogen and oxygen atoms in total. The maximum absolute atomic E-state index is 13.6. The Labute approximate surface area is 106 Å². The van der Waals surface area contributed by atoms with Crippen LogP contribution in [0.4, 0.5) is 4.39 Å². The second kappa shape index (κ2) is 6.91. The Morgan fingerprint density at radius 3 is 2.71 bits per heavy atom. The first kappa shape index (κ1) is 14.4. The molecule has 96 valence electrons. The van der Waals surface area contributed by atoms with Crippen molar-refractivity contribution in [2.45, 2.75) is 6.04 Å². The standard InChI is InChI=1S/C12H18ClFN2O/c1-16(2)6-5-15-12(8-17)10-4-3-9(13)7-11(10)14/h3-4,7,12,15,17H,5-6,8H2,1-2H3. The Bertz CT molecular complexity index is 360. The van der Waals surface area contributed by atoms with Gasteiger partial charge >= 0.3 is 0 Å². The number of aliphatic hydroxyl groups is 1. The Kier molecular flexibility index (Phi) is 5.85. The molecule has 1 rings (SSSR count). The molecule has 1 aromatic rings. The average Bonchev–Trinajstić information content (AvgIpc) is 2.25. The lowest BCUT2D eigenvalue weighted by molar-refractivity contribution is 0.237. The highest BCUT2D eigenvalue weighted by Crippen LogP contribution is 2.20. The van der Waals surface area contributed by atoms with Gasteiger partial charge in [0.1, 0.15) is 5.82 Å². The predicted octanol–water partition coefficient (Wildman–Crippen LogP) is 1.66. The molecular weight excluding hydrogens is 243 g/mol. The summed E-state index contributed by atoms with van der Waals surface area (Å²) in [5.41, 5.74) is 0.440. The third kappa shape index (κ3) is 4.60. The third-order valence-corrected chi connectivity index (χ3v) is 2.71. The monoisotopic (exact) mass is 260 g/mol. The van der Waals surface area contributed by atoms with E-state index in [0.29, 0.717) is 17.1 Å².